The topological polar surface area (TPSA) is 49.3 Å². The molecule has 18 heavy (non-hydrogen) atoms. The molecule has 0 radical (unpaired) electrons. The Morgan fingerprint density at radius 3 is 2.39 bits per heavy atom. The van der Waals surface area contributed by atoms with E-state index in [0.29, 0.717) is 11.6 Å². The quantitative estimate of drug-likeness (QED) is 0.862. The van der Waals surface area contributed by atoms with Crippen molar-refractivity contribution in [2.75, 3.05) is 0 Å². The Morgan fingerprint density at radius 1 is 1.22 bits per heavy atom. The van der Waals surface area contributed by atoms with Gasteiger partial charge < -0.3 is 10.4 Å². The molecule has 0 bridgehead atoms. The number of carbonyl (C=O) groups excluding carboxylic acids is 1. The van der Waals surface area contributed by atoms with Crippen LogP contribution in [0.25, 0.3) is 0 Å². The van der Waals surface area contributed by atoms with Crippen LogP contribution in [-0.4, -0.2) is 17.1 Å². The zero-order valence-electron chi connectivity index (χ0n) is 10.9. The first-order valence-corrected chi connectivity index (χ1v) is 6.79. The Hall–Kier alpha value is -1.51. The molecule has 1 aromatic carbocycles. The van der Waals surface area contributed by atoms with Gasteiger partial charge in [0.25, 0.3) is 5.91 Å². The standard InChI is InChI=1S/C15H21NO2/c1-2-11-3-7-13(8-4-11)16-15(18)12-5-9-14(17)10-6-12/h5-6,9-11,13,17H,2-4,7-8H2,1H3,(H,16,18). The highest BCUT2D eigenvalue weighted by Gasteiger charge is 2.21. The first-order chi connectivity index (χ1) is 8.69. The van der Waals surface area contributed by atoms with E-state index in [9.17, 15) is 9.90 Å². The van der Waals surface area contributed by atoms with Gasteiger partial charge in [-0.15, -0.1) is 0 Å². The molecule has 2 rings (SSSR count). The molecule has 0 heterocycles. The second kappa shape index (κ2) is 5.89. The summed E-state index contributed by atoms with van der Waals surface area (Å²) in [6.45, 7) is 2.24. The Kier molecular flexibility index (Phi) is 4.24. The van der Waals surface area contributed by atoms with Gasteiger partial charge in [-0.1, -0.05) is 13.3 Å². The average Bonchev–Trinajstić information content (AvgIpc) is 2.40. The number of phenols is 1. The van der Waals surface area contributed by atoms with E-state index in [-0.39, 0.29) is 11.7 Å². The maximum absolute atomic E-state index is 12.0. The van der Waals surface area contributed by atoms with E-state index in [4.69, 9.17) is 0 Å². The van der Waals surface area contributed by atoms with E-state index < -0.39 is 0 Å². The van der Waals surface area contributed by atoms with Gasteiger partial charge in [-0.25, -0.2) is 0 Å². The van der Waals surface area contributed by atoms with Gasteiger partial charge in [0.2, 0.25) is 0 Å². The fraction of sp³-hybridized carbons (Fsp3) is 0.533. The minimum atomic E-state index is -0.0325. The number of hydrogen-bond donors (Lipinski definition) is 2. The van der Waals surface area contributed by atoms with Crippen molar-refractivity contribution in [3.63, 3.8) is 0 Å². The van der Waals surface area contributed by atoms with E-state index in [1.54, 1.807) is 24.3 Å². The molecule has 98 valence electrons. The summed E-state index contributed by atoms with van der Waals surface area (Å²) in [6, 6.07) is 6.71. The fourth-order valence-electron chi connectivity index (χ4n) is 2.60. The number of benzene rings is 1. The van der Waals surface area contributed by atoms with Crippen LogP contribution in [0.2, 0.25) is 0 Å². The van der Waals surface area contributed by atoms with Crippen LogP contribution in [0.3, 0.4) is 0 Å². The summed E-state index contributed by atoms with van der Waals surface area (Å²) < 4.78 is 0. The van der Waals surface area contributed by atoms with E-state index in [0.717, 1.165) is 18.8 Å². The zero-order valence-corrected chi connectivity index (χ0v) is 10.9. The van der Waals surface area contributed by atoms with Crippen LogP contribution >= 0.6 is 0 Å². The maximum atomic E-state index is 12.0. The summed E-state index contributed by atoms with van der Waals surface area (Å²) in [4.78, 5) is 12.0. The summed E-state index contributed by atoms with van der Waals surface area (Å²) in [6.07, 6.45) is 5.86. The first kappa shape index (κ1) is 12.9. The van der Waals surface area contributed by atoms with Crippen LogP contribution in [0.5, 0.6) is 5.75 Å². The highest BCUT2D eigenvalue weighted by atomic mass is 16.3. The SMILES string of the molecule is CCC1CCC(NC(=O)c2ccc(O)cc2)CC1. The van der Waals surface area contributed by atoms with Gasteiger partial charge in [-0.3, -0.25) is 4.79 Å². The molecule has 0 unspecified atom stereocenters. The molecule has 1 saturated carbocycles. The Labute approximate surface area is 108 Å². The number of nitrogens with one attached hydrogen (secondary N) is 1. The third-order valence-corrected chi connectivity index (χ3v) is 3.89. The summed E-state index contributed by atoms with van der Waals surface area (Å²) in [5, 5.41) is 12.3. The van der Waals surface area contributed by atoms with Crippen LogP contribution in [0.4, 0.5) is 0 Å². The summed E-state index contributed by atoms with van der Waals surface area (Å²) >= 11 is 0. The van der Waals surface area contributed by atoms with Crippen LogP contribution in [0.1, 0.15) is 49.4 Å². The highest BCUT2D eigenvalue weighted by molar-refractivity contribution is 5.94. The number of aromatic hydroxyl groups is 1. The average molecular weight is 247 g/mol. The Balaban J connectivity index is 1.86. The smallest absolute Gasteiger partial charge is 0.251 e. The zero-order chi connectivity index (χ0) is 13.0. The van der Waals surface area contributed by atoms with Crippen molar-refractivity contribution in [2.24, 2.45) is 5.92 Å². The minimum absolute atomic E-state index is 0.0325. The summed E-state index contributed by atoms with van der Waals surface area (Å²) in [5.41, 5.74) is 0.616. The molecule has 1 aliphatic carbocycles. The molecule has 3 nitrogen and oxygen atoms in total. The highest BCUT2D eigenvalue weighted by Crippen LogP contribution is 2.26. The van der Waals surface area contributed by atoms with Crippen molar-refractivity contribution in [1.82, 2.24) is 5.32 Å². The second-order valence-corrected chi connectivity index (χ2v) is 5.15. The van der Waals surface area contributed by atoms with Crippen molar-refractivity contribution in [2.45, 2.75) is 45.1 Å². The molecular formula is C15H21NO2. The number of rotatable bonds is 3. The third-order valence-electron chi connectivity index (χ3n) is 3.89. The third kappa shape index (κ3) is 3.25. The largest absolute Gasteiger partial charge is 0.508 e. The lowest BCUT2D eigenvalue weighted by molar-refractivity contribution is 0.0921. The molecule has 1 amide bonds. The van der Waals surface area contributed by atoms with E-state index in [1.807, 2.05) is 0 Å². The monoisotopic (exact) mass is 247 g/mol. The lowest BCUT2D eigenvalue weighted by atomic mass is 9.84. The van der Waals surface area contributed by atoms with Crippen molar-refractivity contribution >= 4 is 5.91 Å². The predicted octanol–water partition coefficient (Wildman–Crippen LogP) is 3.09. The maximum Gasteiger partial charge on any atom is 0.251 e. The molecule has 0 atom stereocenters. The molecule has 2 N–H and O–H groups in total. The lowest BCUT2D eigenvalue weighted by Gasteiger charge is -2.28. The summed E-state index contributed by atoms with van der Waals surface area (Å²) in [5.74, 6) is 0.997. The number of carbonyl (C=O) groups is 1. The van der Waals surface area contributed by atoms with Gasteiger partial charge in [-0.05, 0) is 55.9 Å². The molecular weight excluding hydrogens is 226 g/mol. The number of hydrogen-bond acceptors (Lipinski definition) is 2. The molecule has 0 aromatic heterocycles. The number of amides is 1. The van der Waals surface area contributed by atoms with Crippen molar-refractivity contribution in [1.29, 1.82) is 0 Å². The lowest BCUT2D eigenvalue weighted by Crippen LogP contribution is -2.37. The molecule has 1 fully saturated rings. The van der Waals surface area contributed by atoms with Crippen LogP contribution in [-0.2, 0) is 0 Å². The van der Waals surface area contributed by atoms with Crippen molar-refractivity contribution in [3.8, 4) is 5.75 Å². The van der Waals surface area contributed by atoms with E-state index >= 15 is 0 Å². The molecule has 1 aliphatic rings. The minimum Gasteiger partial charge on any atom is -0.508 e. The van der Waals surface area contributed by atoms with Gasteiger partial charge in [0, 0.05) is 11.6 Å². The molecule has 1 aromatic rings. The molecule has 0 spiro atoms. The first-order valence-electron chi connectivity index (χ1n) is 6.79. The van der Waals surface area contributed by atoms with Gasteiger partial charge in [-0.2, -0.15) is 0 Å². The van der Waals surface area contributed by atoms with E-state index in [2.05, 4.69) is 12.2 Å². The van der Waals surface area contributed by atoms with Gasteiger partial charge in [0.15, 0.2) is 0 Å². The number of phenolic OH excluding ortho intramolecular Hbond substituents is 1. The molecule has 0 aliphatic heterocycles. The molecule has 0 saturated heterocycles. The Bertz CT molecular complexity index is 391. The fourth-order valence-corrected chi connectivity index (χ4v) is 2.60. The van der Waals surface area contributed by atoms with Crippen LogP contribution < -0.4 is 5.32 Å². The van der Waals surface area contributed by atoms with Crippen LogP contribution in [0, 0.1) is 5.92 Å². The van der Waals surface area contributed by atoms with Gasteiger partial charge >= 0.3 is 0 Å². The predicted molar refractivity (Wildman–Crippen MR) is 71.6 cm³/mol. The normalized spacial score (nSPS) is 23.6. The van der Waals surface area contributed by atoms with Crippen molar-refractivity contribution < 1.29 is 9.90 Å². The van der Waals surface area contributed by atoms with Crippen LogP contribution in [0.15, 0.2) is 24.3 Å². The molecule has 3 heteroatoms. The van der Waals surface area contributed by atoms with Gasteiger partial charge in [0.05, 0.1) is 0 Å². The van der Waals surface area contributed by atoms with Gasteiger partial charge in [0.1, 0.15) is 5.75 Å². The second-order valence-electron chi connectivity index (χ2n) is 5.15. The Morgan fingerprint density at radius 2 is 1.83 bits per heavy atom. The summed E-state index contributed by atoms with van der Waals surface area (Å²) in [7, 11) is 0. The van der Waals surface area contributed by atoms with E-state index in [1.165, 1.54) is 19.3 Å². The van der Waals surface area contributed by atoms with Crippen molar-refractivity contribution in [3.05, 3.63) is 29.8 Å².